The Morgan fingerprint density at radius 3 is 2.08 bits per heavy atom. The first-order valence-electron chi connectivity index (χ1n) is 8.61. The van der Waals surface area contributed by atoms with Crippen LogP contribution in [0.4, 0.5) is 0 Å². The maximum Gasteiger partial charge on any atom is 0.312 e. The van der Waals surface area contributed by atoms with E-state index in [1.165, 1.54) is 9.80 Å². The topological polar surface area (TPSA) is 83.3 Å². The van der Waals surface area contributed by atoms with E-state index in [0.717, 1.165) is 5.76 Å². The fourth-order valence-corrected chi connectivity index (χ4v) is 3.04. The molecule has 0 atom stereocenters. The molecular formula is C17H23N3O5. The molecule has 0 bridgehead atoms. The van der Waals surface area contributed by atoms with E-state index in [9.17, 15) is 14.4 Å². The first-order chi connectivity index (χ1) is 12.1. The highest BCUT2D eigenvalue weighted by Crippen LogP contribution is 2.10. The van der Waals surface area contributed by atoms with Gasteiger partial charge in [0.2, 0.25) is 5.91 Å². The van der Waals surface area contributed by atoms with E-state index in [4.69, 9.17) is 9.15 Å². The quantitative estimate of drug-likeness (QED) is 0.702. The predicted octanol–water partition coefficient (Wildman–Crippen LogP) is -0.258. The van der Waals surface area contributed by atoms with Crippen LogP contribution in [0.15, 0.2) is 22.8 Å². The fraction of sp³-hybridized carbons (Fsp3) is 0.588. The lowest BCUT2D eigenvalue weighted by Gasteiger charge is -2.35. The van der Waals surface area contributed by atoms with Gasteiger partial charge in [-0.15, -0.1) is 0 Å². The van der Waals surface area contributed by atoms with Crippen molar-refractivity contribution in [3.8, 4) is 0 Å². The summed E-state index contributed by atoms with van der Waals surface area (Å²) in [7, 11) is 0. The summed E-state index contributed by atoms with van der Waals surface area (Å²) in [5, 5.41) is 0. The highest BCUT2D eigenvalue weighted by molar-refractivity contribution is 6.34. The molecule has 2 fully saturated rings. The van der Waals surface area contributed by atoms with Crippen molar-refractivity contribution in [2.45, 2.75) is 12.8 Å². The van der Waals surface area contributed by atoms with Crippen LogP contribution in [-0.4, -0.2) is 84.9 Å². The zero-order valence-electron chi connectivity index (χ0n) is 14.2. The second-order valence-electron chi connectivity index (χ2n) is 6.16. The molecule has 3 rings (SSSR count). The van der Waals surface area contributed by atoms with E-state index in [1.807, 2.05) is 6.07 Å². The summed E-state index contributed by atoms with van der Waals surface area (Å²) in [5.74, 6) is -0.119. The van der Waals surface area contributed by atoms with Crippen LogP contribution in [0, 0.1) is 0 Å². The van der Waals surface area contributed by atoms with E-state index in [0.29, 0.717) is 65.3 Å². The van der Waals surface area contributed by atoms with Crippen LogP contribution < -0.4 is 0 Å². The standard InChI is InChI=1S/C17H23N3O5/c21-15(4-3-14-2-1-11-25-14)18-5-7-19(8-6-18)16(22)17(23)20-9-12-24-13-10-20/h1-2,11H,3-10,12-13H2. The molecule has 25 heavy (non-hydrogen) atoms. The molecule has 1 aromatic heterocycles. The maximum atomic E-state index is 12.3. The van der Waals surface area contributed by atoms with Gasteiger partial charge in [0.1, 0.15) is 5.76 Å². The van der Waals surface area contributed by atoms with Crippen LogP contribution in [-0.2, 0) is 25.5 Å². The molecule has 0 aliphatic carbocycles. The molecule has 2 saturated heterocycles. The minimum Gasteiger partial charge on any atom is -0.469 e. The Labute approximate surface area is 146 Å². The second kappa shape index (κ2) is 8.15. The van der Waals surface area contributed by atoms with Gasteiger partial charge in [0, 0.05) is 52.1 Å². The van der Waals surface area contributed by atoms with Crippen molar-refractivity contribution in [1.82, 2.24) is 14.7 Å². The molecule has 0 N–H and O–H groups in total. The molecular weight excluding hydrogens is 326 g/mol. The van der Waals surface area contributed by atoms with E-state index in [1.54, 1.807) is 17.2 Å². The number of ether oxygens (including phenoxy) is 1. The highest BCUT2D eigenvalue weighted by Gasteiger charge is 2.31. The average Bonchev–Trinajstić information content (AvgIpc) is 3.19. The molecule has 0 radical (unpaired) electrons. The van der Waals surface area contributed by atoms with E-state index < -0.39 is 11.8 Å². The lowest BCUT2D eigenvalue weighted by molar-refractivity contribution is -0.155. The van der Waals surface area contributed by atoms with Crippen LogP contribution in [0.3, 0.4) is 0 Å². The van der Waals surface area contributed by atoms with E-state index in [2.05, 4.69) is 0 Å². The summed E-state index contributed by atoms with van der Waals surface area (Å²) in [5.41, 5.74) is 0. The van der Waals surface area contributed by atoms with Gasteiger partial charge in [-0.2, -0.15) is 0 Å². The summed E-state index contributed by atoms with van der Waals surface area (Å²) >= 11 is 0. The molecule has 0 unspecified atom stereocenters. The first kappa shape index (κ1) is 17.5. The minimum absolute atomic E-state index is 0.0444. The Balaban J connectivity index is 1.43. The molecule has 0 aromatic carbocycles. The van der Waals surface area contributed by atoms with Crippen molar-refractivity contribution in [1.29, 1.82) is 0 Å². The van der Waals surface area contributed by atoms with Crippen LogP contribution >= 0.6 is 0 Å². The lowest BCUT2D eigenvalue weighted by atomic mass is 10.2. The summed E-state index contributed by atoms with van der Waals surface area (Å²) < 4.78 is 10.4. The number of morpholine rings is 1. The smallest absolute Gasteiger partial charge is 0.312 e. The minimum atomic E-state index is -0.482. The third-order valence-corrected chi connectivity index (χ3v) is 4.57. The van der Waals surface area contributed by atoms with E-state index >= 15 is 0 Å². The number of carbonyl (C=O) groups excluding carboxylic acids is 3. The van der Waals surface area contributed by atoms with Gasteiger partial charge in [-0.25, -0.2) is 0 Å². The van der Waals surface area contributed by atoms with E-state index in [-0.39, 0.29) is 5.91 Å². The van der Waals surface area contributed by atoms with Crippen molar-refractivity contribution in [3.63, 3.8) is 0 Å². The molecule has 3 amide bonds. The normalized spacial score (nSPS) is 18.3. The Hall–Kier alpha value is -2.35. The molecule has 8 heteroatoms. The van der Waals surface area contributed by atoms with Gasteiger partial charge in [-0.05, 0) is 12.1 Å². The van der Waals surface area contributed by atoms with Crippen LogP contribution in [0.5, 0.6) is 0 Å². The Morgan fingerprint density at radius 2 is 1.48 bits per heavy atom. The van der Waals surface area contributed by atoms with Crippen LogP contribution in [0.2, 0.25) is 0 Å². The average molecular weight is 349 g/mol. The van der Waals surface area contributed by atoms with Gasteiger partial charge in [0.25, 0.3) is 0 Å². The van der Waals surface area contributed by atoms with Crippen LogP contribution in [0.1, 0.15) is 12.2 Å². The summed E-state index contributed by atoms with van der Waals surface area (Å²) in [6.45, 7) is 3.54. The number of nitrogens with zero attached hydrogens (tertiary/aromatic N) is 3. The third-order valence-electron chi connectivity index (χ3n) is 4.57. The van der Waals surface area contributed by atoms with Crippen molar-refractivity contribution >= 4 is 17.7 Å². The monoisotopic (exact) mass is 349 g/mol. The molecule has 3 heterocycles. The van der Waals surface area contributed by atoms with Crippen molar-refractivity contribution in [2.75, 3.05) is 52.5 Å². The zero-order valence-corrected chi connectivity index (χ0v) is 14.2. The number of aryl methyl sites for hydroxylation is 1. The van der Waals surface area contributed by atoms with Gasteiger partial charge < -0.3 is 23.9 Å². The van der Waals surface area contributed by atoms with Crippen molar-refractivity contribution < 1.29 is 23.5 Å². The third kappa shape index (κ3) is 4.39. The van der Waals surface area contributed by atoms with Gasteiger partial charge in [-0.3, -0.25) is 14.4 Å². The Bertz CT molecular complexity index is 602. The Kier molecular flexibility index (Phi) is 5.70. The molecule has 8 nitrogen and oxygen atoms in total. The molecule has 0 saturated carbocycles. The number of amides is 3. The van der Waals surface area contributed by atoms with Gasteiger partial charge >= 0.3 is 11.8 Å². The molecule has 1 aromatic rings. The molecule has 136 valence electrons. The highest BCUT2D eigenvalue weighted by atomic mass is 16.5. The number of furan rings is 1. The van der Waals surface area contributed by atoms with Crippen molar-refractivity contribution in [3.05, 3.63) is 24.2 Å². The van der Waals surface area contributed by atoms with Gasteiger partial charge in [0.05, 0.1) is 19.5 Å². The first-order valence-corrected chi connectivity index (χ1v) is 8.61. The van der Waals surface area contributed by atoms with Crippen LogP contribution in [0.25, 0.3) is 0 Å². The second-order valence-corrected chi connectivity index (χ2v) is 6.16. The summed E-state index contributed by atoms with van der Waals surface area (Å²) in [4.78, 5) is 41.6. The number of piperazine rings is 1. The SMILES string of the molecule is O=C(CCc1ccco1)N1CCN(C(=O)C(=O)N2CCOCC2)CC1. The lowest BCUT2D eigenvalue weighted by Crippen LogP contribution is -2.55. The number of hydrogen-bond donors (Lipinski definition) is 0. The van der Waals surface area contributed by atoms with Gasteiger partial charge in [-0.1, -0.05) is 0 Å². The Morgan fingerprint density at radius 1 is 0.880 bits per heavy atom. The zero-order chi connectivity index (χ0) is 17.6. The summed E-state index contributed by atoms with van der Waals surface area (Å²) in [6.07, 6.45) is 2.55. The fourth-order valence-electron chi connectivity index (χ4n) is 3.04. The number of rotatable bonds is 3. The molecule has 2 aliphatic rings. The van der Waals surface area contributed by atoms with Gasteiger partial charge in [0.15, 0.2) is 0 Å². The molecule has 2 aliphatic heterocycles. The molecule has 0 spiro atoms. The largest absolute Gasteiger partial charge is 0.469 e. The predicted molar refractivity (Wildman–Crippen MR) is 87.6 cm³/mol. The number of hydrogen-bond acceptors (Lipinski definition) is 5. The number of carbonyl (C=O) groups is 3. The summed E-state index contributed by atoms with van der Waals surface area (Å²) in [6, 6.07) is 3.65. The maximum absolute atomic E-state index is 12.3. The van der Waals surface area contributed by atoms with Crippen molar-refractivity contribution in [2.24, 2.45) is 0 Å².